The largest absolute Gasteiger partial charge is 0.440 e. The maximum absolute atomic E-state index is 12.1. The van der Waals surface area contributed by atoms with E-state index in [1.807, 2.05) is 0 Å². The number of benzene rings is 2. The molecule has 0 saturated heterocycles. The van der Waals surface area contributed by atoms with E-state index in [2.05, 4.69) is 15.9 Å². The highest BCUT2D eigenvalue weighted by atomic mass is 79.9. The van der Waals surface area contributed by atoms with Crippen molar-refractivity contribution >= 4 is 33.7 Å². The molecule has 0 unspecified atom stereocenters. The molecule has 3 rings (SSSR count). The van der Waals surface area contributed by atoms with E-state index in [0.717, 1.165) is 4.90 Å². The van der Waals surface area contributed by atoms with Crippen LogP contribution in [0.1, 0.15) is 31.1 Å². The van der Waals surface area contributed by atoms with Gasteiger partial charge in [-0.3, -0.25) is 9.59 Å². The summed E-state index contributed by atoms with van der Waals surface area (Å²) in [4.78, 5) is 37.2. The molecular weight excluding hydrogens is 350 g/mol. The minimum absolute atomic E-state index is 0.324. The Bertz CT molecular complexity index is 752. The summed E-state index contributed by atoms with van der Waals surface area (Å²) in [7, 11) is 0. The van der Waals surface area contributed by atoms with Crippen molar-refractivity contribution in [3.05, 3.63) is 69.7 Å². The summed E-state index contributed by atoms with van der Waals surface area (Å²) in [6.07, 6.45) is 0. The second-order valence-electron chi connectivity index (χ2n) is 4.62. The molecule has 0 aliphatic carbocycles. The molecule has 0 saturated carbocycles. The molecule has 0 aromatic heterocycles. The summed E-state index contributed by atoms with van der Waals surface area (Å²) in [6.45, 7) is -0.410. The van der Waals surface area contributed by atoms with Gasteiger partial charge in [0.1, 0.15) is 0 Å². The molecule has 1 aliphatic heterocycles. The van der Waals surface area contributed by atoms with Crippen LogP contribution >= 0.6 is 15.9 Å². The molecular formula is C16H10BrNO4. The molecule has 6 heteroatoms. The Morgan fingerprint density at radius 3 is 2.09 bits per heavy atom. The minimum atomic E-state index is -0.607. The highest BCUT2D eigenvalue weighted by Crippen LogP contribution is 2.23. The minimum Gasteiger partial charge on any atom is -0.440 e. The Morgan fingerprint density at radius 2 is 1.50 bits per heavy atom. The number of amides is 2. The Kier molecular flexibility index (Phi) is 3.77. The number of ether oxygens (including phenoxy) is 1. The number of carbonyl (C=O) groups excluding carboxylic acids is 3. The molecule has 0 spiro atoms. The highest BCUT2D eigenvalue weighted by molar-refractivity contribution is 9.10. The topological polar surface area (TPSA) is 63.7 Å². The first kappa shape index (κ1) is 14.5. The zero-order valence-corrected chi connectivity index (χ0v) is 12.9. The number of halogens is 1. The molecule has 0 N–H and O–H groups in total. The van der Waals surface area contributed by atoms with Crippen LogP contribution in [0.15, 0.2) is 53.0 Å². The van der Waals surface area contributed by atoms with E-state index < -0.39 is 24.5 Å². The summed E-state index contributed by atoms with van der Waals surface area (Å²) in [5.41, 5.74) is 0.980. The lowest BCUT2D eigenvalue weighted by Crippen LogP contribution is -2.33. The summed E-state index contributed by atoms with van der Waals surface area (Å²) < 4.78 is 5.67. The van der Waals surface area contributed by atoms with Crippen LogP contribution in [0.25, 0.3) is 0 Å². The third kappa shape index (κ3) is 2.42. The average molecular weight is 360 g/mol. The number of nitrogens with zero attached hydrogens (tertiary/aromatic N) is 1. The fourth-order valence-corrected chi connectivity index (χ4v) is 2.63. The molecule has 0 radical (unpaired) electrons. The van der Waals surface area contributed by atoms with Gasteiger partial charge in [-0.25, -0.2) is 9.69 Å². The fourth-order valence-electron chi connectivity index (χ4n) is 2.18. The van der Waals surface area contributed by atoms with E-state index in [-0.39, 0.29) is 0 Å². The second kappa shape index (κ2) is 5.73. The Labute approximate surface area is 134 Å². The van der Waals surface area contributed by atoms with Gasteiger partial charge in [-0.1, -0.05) is 24.3 Å². The third-order valence-electron chi connectivity index (χ3n) is 3.30. The number of carbonyl (C=O) groups is 3. The van der Waals surface area contributed by atoms with E-state index in [4.69, 9.17) is 4.74 Å². The van der Waals surface area contributed by atoms with Gasteiger partial charge in [-0.05, 0) is 40.2 Å². The van der Waals surface area contributed by atoms with E-state index in [1.165, 1.54) is 0 Å². The predicted molar refractivity (Wildman–Crippen MR) is 81.4 cm³/mol. The predicted octanol–water partition coefficient (Wildman–Crippen LogP) is 2.86. The fraction of sp³-hybridized carbons (Fsp3) is 0.0625. The molecule has 2 aromatic rings. The van der Waals surface area contributed by atoms with E-state index in [9.17, 15) is 14.4 Å². The van der Waals surface area contributed by atoms with Crippen LogP contribution in [0.4, 0.5) is 0 Å². The monoisotopic (exact) mass is 359 g/mol. The van der Waals surface area contributed by atoms with Crippen molar-refractivity contribution in [2.24, 2.45) is 0 Å². The number of hydrogen-bond donors (Lipinski definition) is 0. The van der Waals surface area contributed by atoms with Crippen LogP contribution < -0.4 is 0 Å². The first-order chi connectivity index (χ1) is 10.6. The van der Waals surface area contributed by atoms with Crippen LogP contribution in [0.2, 0.25) is 0 Å². The third-order valence-corrected chi connectivity index (χ3v) is 3.99. The van der Waals surface area contributed by atoms with Crippen LogP contribution in [0.3, 0.4) is 0 Å². The van der Waals surface area contributed by atoms with Gasteiger partial charge in [0, 0.05) is 4.47 Å². The van der Waals surface area contributed by atoms with Crippen molar-refractivity contribution in [3.63, 3.8) is 0 Å². The molecule has 0 atom stereocenters. The normalized spacial score (nSPS) is 13.2. The SMILES string of the molecule is O=C(OCN1C(=O)c2ccccc2C1=O)c1ccccc1Br. The molecule has 1 aliphatic rings. The van der Waals surface area contributed by atoms with Gasteiger partial charge < -0.3 is 4.74 Å². The lowest BCUT2D eigenvalue weighted by atomic mass is 10.1. The summed E-state index contributed by atoms with van der Waals surface area (Å²) in [5, 5.41) is 0. The highest BCUT2D eigenvalue weighted by Gasteiger charge is 2.35. The first-order valence-electron chi connectivity index (χ1n) is 6.46. The van der Waals surface area contributed by atoms with Crippen molar-refractivity contribution in [3.8, 4) is 0 Å². The van der Waals surface area contributed by atoms with Crippen molar-refractivity contribution in [2.75, 3.05) is 6.73 Å². The quantitative estimate of drug-likeness (QED) is 0.624. The standard InChI is InChI=1S/C16H10BrNO4/c17-13-8-4-3-7-12(13)16(21)22-9-18-14(19)10-5-1-2-6-11(10)15(18)20/h1-8H,9H2. The van der Waals surface area contributed by atoms with Crippen molar-refractivity contribution in [1.82, 2.24) is 4.90 Å². The lowest BCUT2D eigenvalue weighted by Gasteiger charge is -2.14. The maximum atomic E-state index is 12.1. The maximum Gasteiger partial charge on any atom is 0.341 e. The van der Waals surface area contributed by atoms with Crippen molar-refractivity contribution < 1.29 is 19.1 Å². The van der Waals surface area contributed by atoms with Crippen LogP contribution in [0, 0.1) is 0 Å². The van der Waals surface area contributed by atoms with Crippen molar-refractivity contribution in [1.29, 1.82) is 0 Å². The van der Waals surface area contributed by atoms with E-state index >= 15 is 0 Å². The molecule has 22 heavy (non-hydrogen) atoms. The molecule has 2 amide bonds. The number of fused-ring (bicyclic) bond motifs is 1. The number of hydrogen-bond acceptors (Lipinski definition) is 4. The number of esters is 1. The summed E-state index contributed by atoms with van der Waals surface area (Å²) in [6, 6.07) is 13.3. The van der Waals surface area contributed by atoms with Gasteiger partial charge in [0.15, 0.2) is 6.73 Å². The number of rotatable bonds is 3. The second-order valence-corrected chi connectivity index (χ2v) is 5.48. The average Bonchev–Trinajstić information content (AvgIpc) is 2.77. The Hall–Kier alpha value is -2.47. The molecule has 0 fully saturated rings. The van der Waals surface area contributed by atoms with Crippen LogP contribution in [0.5, 0.6) is 0 Å². The first-order valence-corrected chi connectivity index (χ1v) is 7.26. The van der Waals surface area contributed by atoms with Gasteiger partial charge >= 0.3 is 5.97 Å². The molecule has 110 valence electrons. The molecule has 2 aromatic carbocycles. The molecule has 5 nitrogen and oxygen atoms in total. The molecule has 0 bridgehead atoms. The Morgan fingerprint density at radius 1 is 0.955 bits per heavy atom. The van der Waals surface area contributed by atoms with Gasteiger partial charge in [0.25, 0.3) is 11.8 Å². The Balaban J connectivity index is 1.73. The van der Waals surface area contributed by atoms with Gasteiger partial charge in [0.05, 0.1) is 16.7 Å². The number of imide groups is 1. The lowest BCUT2D eigenvalue weighted by molar-refractivity contribution is 0.0227. The van der Waals surface area contributed by atoms with Gasteiger partial charge in [-0.15, -0.1) is 0 Å². The summed E-state index contributed by atoms with van der Waals surface area (Å²) in [5.74, 6) is -1.52. The van der Waals surface area contributed by atoms with Crippen molar-refractivity contribution in [2.45, 2.75) is 0 Å². The zero-order valence-electron chi connectivity index (χ0n) is 11.3. The smallest absolute Gasteiger partial charge is 0.341 e. The van der Waals surface area contributed by atoms with E-state index in [0.29, 0.717) is 21.2 Å². The van der Waals surface area contributed by atoms with Crippen LogP contribution in [-0.4, -0.2) is 29.4 Å². The molecule has 1 heterocycles. The summed E-state index contributed by atoms with van der Waals surface area (Å²) >= 11 is 3.25. The van der Waals surface area contributed by atoms with Gasteiger partial charge in [-0.2, -0.15) is 0 Å². The zero-order chi connectivity index (χ0) is 15.7. The van der Waals surface area contributed by atoms with E-state index in [1.54, 1.807) is 48.5 Å². The van der Waals surface area contributed by atoms with Crippen LogP contribution in [-0.2, 0) is 4.74 Å². The van der Waals surface area contributed by atoms with Gasteiger partial charge in [0.2, 0.25) is 0 Å².